The number of carbonyl (C=O) groups is 1. The molecule has 0 bridgehead atoms. The molecule has 0 aliphatic heterocycles. The summed E-state index contributed by atoms with van der Waals surface area (Å²) in [6.45, 7) is 0.959. The first kappa shape index (κ1) is 19.2. The lowest BCUT2D eigenvalue weighted by atomic mass is 10.1. The first-order valence-corrected chi connectivity index (χ1v) is 9.69. The summed E-state index contributed by atoms with van der Waals surface area (Å²) in [4.78, 5) is 12.5. The van der Waals surface area contributed by atoms with Crippen molar-refractivity contribution < 1.29 is 9.18 Å². The van der Waals surface area contributed by atoms with Gasteiger partial charge in [0.2, 0.25) is 0 Å². The molecule has 0 saturated heterocycles. The van der Waals surface area contributed by atoms with Crippen molar-refractivity contribution in [1.29, 1.82) is 0 Å². The number of hydrogen-bond acceptors (Lipinski definition) is 2. The van der Waals surface area contributed by atoms with Gasteiger partial charge in [-0.3, -0.25) is 9.48 Å². The number of carbonyl (C=O) groups excluding carboxylic acids is 1. The van der Waals surface area contributed by atoms with Crippen LogP contribution in [0.4, 0.5) is 4.39 Å². The summed E-state index contributed by atoms with van der Waals surface area (Å²) in [6.07, 6.45) is 2.46. The normalized spacial score (nSPS) is 11.0. The lowest BCUT2D eigenvalue weighted by Crippen LogP contribution is -2.22. The van der Waals surface area contributed by atoms with Gasteiger partial charge in [-0.2, -0.15) is 5.10 Å². The van der Waals surface area contributed by atoms with Crippen LogP contribution in [0.5, 0.6) is 0 Å². The summed E-state index contributed by atoms with van der Waals surface area (Å²) >= 11 is 5.97. The van der Waals surface area contributed by atoms with E-state index in [1.165, 1.54) is 6.07 Å². The minimum absolute atomic E-state index is 0.173. The van der Waals surface area contributed by atoms with Crippen LogP contribution in [0.1, 0.15) is 21.5 Å². The molecular weight excluding hydrogens is 389 g/mol. The number of fused-ring (bicyclic) bond motifs is 1. The van der Waals surface area contributed by atoms with E-state index in [0.29, 0.717) is 35.7 Å². The largest absolute Gasteiger partial charge is 0.348 e. The van der Waals surface area contributed by atoms with E-state index in [-0.39, 0.29) is 11.7 Å². The van der Waals surface area contributed by atoms with Crippen LogP contribution in [-0.4, -0.2) is 15.7 Å². The Morgan fingerprint density at radius 3 is 2.76 bits per heavy atom. The molecule has 4 nitrogen and oxygen atoms in total. The Kier molecular flexibility index (Phi) is 5.58. The van der Waals surface area contributed by atoms with Gasteiger partial charge >= 0.3 is 0 Å². The van der Waals surface area contributed by atoms with Gasteiger partial charge in [0, 0.05) is 35.3 Å². The number of rotatable bonds is 6. The predicted octanol–water partition coefficient (Wildman–Crippen LogP) is 5.00. The van der Waals surface area contributed by atoms with E-state index < -0.39 is 0 Å². The minimum Gasteiger partial charge on any atom is -0.348 e. The third-order valence-electron chi connectivity index (χ3n) is 4.73. The Morgan fingerprint density at radius 1 is 1.07 bits per heavy atom. The third kappa shape index (κ3) is 4.63. The molecule has 0 aliphatic rings. The van der Waals surface area contributed by atoms with Crippen LogP contribution in [-0.2, 0) is 19.5 Å². The van der Waals surface area contributed by atoms with Crippen LogP contribution in [0, 0.1) is 5.82 Å². The van der Waals surface area contributed by atoms with Crippen molar-refractivity contribution in [2.45, 2.75) is 19.5 Å². The van der Waals surface area contributed by atoms with Crippen molar-refractivity contribution in [2.75, 3.05) is 0 Å². The summed E-state index contributed by atoms with van der Waals surface area (Å²) in [5.41, 5.74) is 2.87. The van der Waals surface area contributed by atoms with Crippen molar-refractivity contribution in [3.63, 3.8) is 0 Å². The molecule has 0 aliphatic carbocycles. The minimum atomic E-state index is -0.206. The number of hydrogen-bond donors (Lipinski definition) is 1. The lowest BCUT2D eigenvalue weighted by molar-refractivity contribution is 0.0951. The SMILES string of the molecule is O=C(NCc1cccc(Cl)c1)c1ccc2cn(CCc3ccccc3F)nc2c1. The van der Waals surface area contributed by atoms with E-state index in [1.807, 2.05) is 36.5 Å². The summed E-state index contributed by atoms with van der Waals surface area (Å²) < 4.78 is 15.6. The number of aryl methyl sites for hydroxylation is 2. The molecule has 4 rings (SSSR count). The lowest BCUT2D eigenvalue weighted by Gasteiger charge is -2.06. The fourth-order valence-corrected chi connectivity index (χ4v) is 3.40. The van der Waals surface area contributed by atoms with Crippen LogP contribution in [0.25, 0.3) is 10.9 Å². The Morgan fingerprint density at radius 2 is 1.93 bits per heavy atom. The maximum atomic E-state index is 13.8. The second-order valence-corrected chi connectivity index (χ2v) is 7.26. The number of amides is 1. The second-order valence-electron chi connectivity index (χ2n) is 6.82. The first-order valence-electron chi connectivity index (χ1n) is 9.32. The first-order chi connectivity index (χ1) is 14.1. The van der Waals surface area contributed by atoms with E-state index in [2.05, 4.69) is 10.4 Å². The zero-order valence-electron chi connectivity index (χ0n) is 15.6. The van der Waals surface area contributed by atoms with Gasteiger partial charge in [-0.1, -0.05) is 48.0 Å². The van der Waals surface area contributed by atoms with Crippen LogP contribution in [0.3, 0.4) is 0 Å². The number of benzene rings is 3. The summed E-state index contributed by atoms with van der Waals surface area (Å²) in [6, 6.07) is 19.5. The predicted molar refractivity (Wildman–Crippen MR) is 112 cm³/mol. The molecular formula is C23H19ClFN3O. The van der Waals surface area contributed by atoms with Gasteiger partial charge in [-0.05, 0) is 47.9 Å². The van der Waals surface area contributed by atoms with Gasteiger partial charge in [-0.25, -0.2) is 4.39 Å². The van der Waals surface area contributed by atoms with Crippen LogP contribution < -0.4 is 5.32 Å². The number of halogens is 2. The number of aromatic nitrogens is 2. The molecule has 1 N–H and O–H groups in total. The van der Waals surface area contributed by atoms with Gasteiger partial charge in [0.05, 0.1) is 5.52 Å². The molecule has 146 valence electrons. The standard InChI is InChI=1S/C23H19ClFN3O/c24-20-6-3-4-16(12-20)14-26-23(29)18-8-9-19-15-28(27-22(19)13-18)11-10-17-5-1-2-7-21(17)25/h1-9,12-13,15H,10-11,14H2,(H,26,29). The second kappa shape index (κ2) is 8.45. The molecule has 1 aromatic heterocycles. The molecule has 29 heavy (non-hydrogen) atoms. The van der Waals surface area contributed by atoms with Gasteiger partial charge in [-0.15, -0.1) is 0 Å². The van der Waals surface area contributed by atoms with Crippen molar-refractivity contribution in [3.05, 3.63) is 100 Å². The fraction of sp³-hybridized carbons (Fsp3) is 0.130. The van der Waals surface area contributed by atoms with Gasteiger partial charge in [0.15, 0.2) is 0 Å². The summed E-state index contributed by atoms with van der Waals surface area (Å²) in [5, 5.41) is 8.99. The van der Waals surface area contributed by atoms with Gasteiger partial charge in [0.1, 0.15) is 5.82 Å². The van der Waals surface area contributed by atoms with E-state index in [0.717, 1.165) is 16.5 Å². The highest BCUT2D eigenvalue weighted by molar-refractivity contribution is 6.30. The average molecular weight is 408 g/mol. The van der Waals surface area contributed by atoms with Crippen molar-refractivity contribution >= 4 is 28.4 Å². The molecule has 4 aromatic rings. The van der Waals surface area contributed by atoms with Gasteiger partial charge < -0.3 is 5.32 Å². The zero-order valence-corrected chi connectivity index (χ0v) is 16.4. The Hall–Kier alpha value is -3.18. The monoisotopic (exact) mass is 407 g/mol. The summed E-state index contributed by atoms with van der Waals surface area (Å²) in [5.74, 6) is -0.379. The Labute approximate surface area is 172 Å². The van der Waals surface area contributed by atoms with E-state index >= 15 is 0 Å². The van der Waals surface area contributed by atoms with E-state index in [1.54, 1.807) is 35.0 Å². The molecule has 1 amide bonds. The Bertz CT molecular complexity index is 1170. The number of nitrogens with one attached hydrogen (secondary N) is 1. The summed E-state index contributed by atoms with van der Waals surface area (Å²) in [7, 11) is 0. The van der Waals surface area contributed by atoms with Crippen molar-refractivity contribution in [2.24, 2.45) is 0 Å². The van der Waals surface area contributed by atoms with Crippen LogP contribution in [0.2, 0.25) is 5.02 Å². The quantitative estimate of drug-likeness (QED) is 0.489. The maximum Gasteiger partial charge on any atom is 0.251 e. The molecule has 6 heteroatoms. The third-order valence-corrected chi connectivity index (χ3v) is 4.96. The molecule has 0 spiro atoms. The molecule has 0 atom stereocenters. The molecule has 3 aromatic carbocycles. The van der Waals surface area contributed by atoms with Crippen molar-refractivity contribution in [1.82, 2.24) is 15.1 Å². The molecule has 0 saturated carbocycles. The smallest absolute Gasteiger partial charge is 0.251 e. The van der Waals surface area contributed by atoms with Crippen LogP contribution >= 0.6 is 11.6 Å². The highest BCUT2D eigenvalue weighted by atomic mass is 35.5. The molecule has 1 heterocycles. The highest BCUT2D eigenvalue weighted by Crippen LogP contribution is 2.16. The molecule has 0 radical (unpaired) electrons. The van der Waals surface area contributed by atoms with Crippen molar-refractivity contribution in [3.8, 4) is 0 Å². The molecule has 0 fully saturated rings. The molecule has 0 unspecified atom stereocenters. The van der Waals surface area contributed by atoms with Crippen LogP contribution in [0.15, 0.2) is 72.9 Å². The average Bonchev–Trinajstić information content (AvgIpc) is 3.13. The maximum absolute atomic E-state index is 13.8. The Balaban J connectivity index is 1.43. The number of nitrogens with zero attached hydrogens (tertiary/aromatic N) is 2. The van der Waals surface area contributed by atoms with E-state index in [4.69, 9.17) is 11.6 Å². The zero-order chi connectivity index (χ0) is 20.2. The highest BCUT2D eigenvalue weighted by Gasteiger charge is 2.09. The van der Waals surface area contributed by atoms with Gasteiger partial charge in [0.25, 0.3) is 5.91 Å². The fourth-order valence-electron chi connectivity index (χ4n) is 3.19. The van der Waals surface area contributed by atoms with E-state index in [9.17, 15) is 9.18 Å². The topological polar surface area (TPSA) is 46.9 Å².